The van der Waals surface area contributed by atoms with Gasteiger partial charge < -0.3 is 5.32 Å². The van der Waals surface area contributed by atoms with Crippen molar-refractivity contribution < 1.29 is 0 Å². The van der Waals surface area contributed by atoms with Gasteiger partial charge >= 0.3 is 0 Å². The van der Waals surface area contributed by atoms with E-state index < -0.39 is 0 Å². The van der Waals surface area contributed by atoms with Gasteiger partial charge in [-0.15, -0.1) is 0 Å². The smallest absolute Gasteiger partial charge is 0.224 e. The highest BCUT2D eigenvalue weighted by Gasteiger charge is 2.14. The van der Waals surface area contributed by atoms with Crippen LogP contribution in [0.5, 0.6) is 0 Å². The van der Waals surface area contributed by atoms with Crippen molar-refractivity contribution in [2.24, 2.45) is 0 Å². The molecule has 5 nitrogen and oxygen atoms in total. The highest BCUT2D eigenvalue weighted by Crippen LogP contribution is 2.28. The lowest BCUT2D eigenvalue weighted by Crippen LogP contribution is -2.06. The molecular weight excluding hydrogens is 310 g/mol. The van der Waals surface area contributed by atoms with E-state index in [1.165, 1.54) is 0 Å². The van der Waals surface area contributed by atoms with Crippen LogP contribution in [-0.2, 0) is 6.42 Å². The second-order valence-corrected chi connectivity index (χ2v) is 5.67. The summed E-state index contributed by atoms with van der Waals surface area (Å²) in [5, 5.41) is 10.4. The molecule has 0 bridgehead atoms. The van der Waals surface area contributed by atoms with Crippen molar-refractivity contribution in [1.29, 1.82) is 0 Å². The van der Waals surface area contributed by atoms with Crippen molar-refractivity contribution in [1.82, 2.24) is 20.2 Å². The normalized spacial score (nSPS) is 12.9. The third-order valence-corrected chi connectivity index (χ3v) is 3.98. The summed E-state index contributed by atoms with van der Waals surface area (Å²) in [6.07, 6.45) is 9.73. The molecule has 0 fully saturated rings. The van der Waals surface area contributed by atoms with Crippen LogP contribution in [0.25, 0.3) is 17.2 Å². The fraction of sp³-hybridized carbons (Fsp3) is 0.118. The summed E-state index contributed by atoms with van der Waals surface area (Å²) >= 11 is 6.04. The first-order valence-electron chi connectivity index (χ1n) is 7.39. The molecule has 0 saturated heterocycles. The van der Waals surface area contributed by atoms with Gasteiger partial charge in [0.1, 0.15) is 5.82 Å². The Balaban J connectivity index is 1.64. The second-order valence-electron chi connectivity index (χ2n) is 5.33. The number of aromatic nitrogens is 4. The third-order valence-electron chi connectivity index (χ3n) is 3.81. The molecule has 1 aliphatic rings. The zero-order chi connectivity index (χ0) is 15.6. The molecule has 0 spiro atoms. The molecule has 0 unspecified atom stereocenters. The van der Waals surface area contributed by atoms with E-state index in [0.717, 1.165) is 46.7 Å². The molecular formula is C17H14ClN5. The number of rotatable bonds is 3. The Hall–Kier alpha value is -2.66. The number of aryl methyl sites for hydroxylation is 1. The first-order valence-corrected chi connectivity index (χ1v) is 7.76. The molecule has 0 saturated carbocycles. The van der Waals surface area contributed by atoms with Gasteiger partial charge in [0.15, 0.2) is 0 Å². The predicted molar refractivity (Wildman–Crippen MR) is 91.7 cm³/mol. The number of hydrogen-bond acceptors (Lipinski definition) is 4. The van der Waals surface area contributed by atoms with Crippen LogP contribution < -0.4 is 5.32 Å². The molecule has 1 aromatic carbocycles. The van der Waals surface area contributed by atoms with Gasteiger partial charge in [0.2, 0.25) is 5.28 Å². The molecule has 114 valence electrons. The summed E-state index contributed by atoms with van der Waals surface area (Å²) in [4.78, 5) is 8.65. The number of halogens is 1. The highest BCUT2D eigenvalue weighted by atomic mass is 35.5. The molecule has 3 aromatic rings. The molecule has 1 aliphatic carbocycles. The molecule has 23 heavy (non-hydrogen) atoms. The molecule has 0 aliphatic heterocycles. The number of hydrogen-bond donors (Lipinski definition) is 2. The molecule has 0 atom stereocenters. The van der Waals surface area contributed by atoms with Crippen molar-refractivity contribution >= 4 is 29.2 Å². The molecule has 0 radical (unpaired) electrons. The van der Waals surface area contributed by atoms with Crippen molar-refractivity contribution in [2.75, 3.05) is 5.32 Å². The van der Waals surface area contributed by atoms with Crippen LogP contribution in [0.4, 0.5) is 11.5 Å². The number of allylic oxidation sites excluding steroid dienone is 1. The number of benzene rings is 1. The molecule has 0 amide bonds. The topological polar surface area (TPSA) is 66.5 Å². The van der Waals surface area contributed by atoms with Crippen LogP contribution in [0.15, 0.2) is 42.7 Å². The number of H-pyrrole nitrogens is 1. The molecule has 4 rings (SSSR count). The maximum atomic E-state index is 6.04. The number of nitrogens with one attached hydrogen (secondary N) is 2. The van der Waals surface area contributed by atoms with Gasteiger partial charge in [0.05, 0.1) is 11.9 Å². The fourth-order valence-corrected chi connectivity index (χ4v) is 2.85. The lowest BCUT2D eigenvalue weighted by atomic mass is 10.0. The number of aromatic amines is 1. The minimum atomic E-state index is 0.275. The predicted octanol–water partition coefficient (Wildman–Crippen LogP) is 4.22. The lowest BCUT2D eigenvalue weighted by Gasteiger charge is -2.15. The average Bonchev–Trinajstić information content (AvgIpc) is 3.10. The van der Waals surface area contributed by atoms with E-state index in [9.17, 15) is 0 Å². The Bertz CT molecular complexity index is 853. The van der Waals surface area contributed by atoms with Crippen LogP contribution in [0.1, 0.15) is 17.7 Å². The Kier molecular flexibility index (Phi) is 3.55. The summed E-state index contributed by atoms with van der Waals surface area (Å²) < 4.78 is 0. The zero-order valence-electron chi connectivity index (χ0n) is 12.3. The summed E-state index contributed by atoms with van der Waals surface area (Å²) in [6, 6.07) is 8.10. The van der Waals surface area contributed by atoms with Crippen LogP contribution in [-0.4, -0.2) is 20.2 Å². The van der Waals surface area contributed by atoms with Crippen molar-refractivity contribution in [2.45, 2.75) is 12.8 Å². The van der Waals surface area contributed by atoms with Crippen molar-refractivity contribution in [3.63, 3.8) is 0 Å². The SMILES string of the molecule is Clc1nc2c(c(Nc3ccc(-c4cn[nH]c4)cc3)n1)C=CCC2. The Morgan fingerprint density at radius 2 is 1.96 bits per heavy atom. The van der Waals surface area contributed by atoms with E-state index in [-0.39, 0.29) is 5.28 Å². The summed E-state index contributed by atoms with van der Waals surface area (Å²) in [5.41, 5.74) is 5.12. The van der Waals surface area contributed by atoms with Crippen LogP contribution >= 0.6 is 11.6 Å². The number of nitrogens with zero attached hydrogens (tertiary/aromatic N) is 3. The van der Waals surface area contributed by atoms with Crippen LogP contribution in [0.3, 0.4) is 0 Å². The average molecular weight is 324 g/mol. The van der Waals surface area contributed by atoms with Crippen molar-refractivity contribution in [3.05, 3.63) is 59.3 Å². The lowest BCUT2D eigenvalue weighted by molar-refractivity contribution is 0.911. The van der Waals surface area contributed by atoms with Gasteiger partial charge in [-0.05, 0) is 42.1 Å². The number of anilines is 2. The first kappa shape index (κ1) is 14.0. The van der Waals surface area contributed by atoms with E-state index >= 15 is 0 Å². The minimum Gasteiger partial charge on any atom is -0.340 e. The van der Waals surface area contributed by atoms with Gasteiger partial charge in [-0.1, -0.05) is 24.3 Å². The van der Waals surface area contributed by atoms with Gasteiger partial charge in [-0.3, -0.25) is 5.10 Å². The number of fused-ring (bicyclic) bond motifs is 1. The second kappa shape index (κ2) is 5.85. The molecule has 6 heteroatoms. The summed E-state index contributed by atoms with van der Waals surface area (Å²) in [6.45, 7) is 0. The highest BCUT2D eigenvalue weighted by molar-refractivity contribution is 6.28. The van der Waals surface area contributed by atoms with Gasteiger partial charge in [-0.2, -0.15) is 10.1 Å². The molecule has 2 heterocycles. The Labute approximate surface area is 138 Å². The quantitative estimate of drug-likeness (QED) is 0.708. The fourth-order valence-electron chi connectivity index (χ4n) is 2.66. The van der Waals surface area contributed by atoms with Crippen molar-refractivity contribution in [3.8, 4) is 11.1 Å². The van der Waals surface area contributed by atoms with E-state index in [1.807, 2.05) is 30.5 Å². The van der Waals surface area contributed by atoms with E-state index in [1.54, 1.807) is 6.20 Å². The largest absolute Gasteiger partial charge is 0.340 e. The Morgan fingerprint density at radius 3 is 2.74 bits per heavy atom. The van der Waals surface area contributed by atoms with E-state index in [0.29, 0.717) is 0 Å². The monoisotopic (exact) mass is 323 g/mol. The van der Waals surface area contributed by atoms with Crippen LogP contribution in [0.2, 0.25) is 5.28 Å². The zero-order valence-corrected chi connectivity index (χ0v) is 13.0. The van der Waals surface area contributed by atoms with Gasteiger partial charge in [-0.25, -0.2) is 4.98 Å². The third kappa shape index (κ3) is 2.83. The molecule has 2 N–H and O–H groups in total. The Morgan fingerprint density at radius 1 is 1.09 bits per heavy atom. The summed E-state index contributed by atoms with van der Waals surface area (Å²) in [7, 11) is 0. The maximum Gasteiger partial charge on any atom is 0.224 e. The summed E-state index contributed by atoms with van der Waals surface area (Å²) in [5.74, 6) is 0.743. The molecule has 2 aromatic heterocycles. The standard InChI is InChI=1S/C17H14ClN5/c18-17-22-15-4-2-1-3-14(15)16(23-17)21-13-7-5-11(6-8-13)12-9-19-20-10-12/h1,3,5-10H,2,4H2,(H,19,20)(H,21,22,23). The maximum absolute atomic E-state index is 6.04. The first-order chi connectivity index (χ1) is 11.3. The van der Waals surface area contributed by atoms with Gasteiger partial charge in [0.25, 0.3) is 0 Å². The minimum absolute atomic E-state index is 0.275. The van der Waals surface area contributed by atoms with Crippen LogP contribution in [0, 0.1) is 0 Å². The van der Waals surface area contributed by atoms with E-state index in [4.69, 9.17) is 11.6 Å². The van der Waals surface area contributed by atoms with Gasteiger partial charge in [0, 0.05) is 23.0 Å². The van der Waals surface area contributed by atoms with E-state index in [2.05, 4.69) is 37.6 Å².